The Balaban J connectivity index is 0.00000128. The third-order valence-corrected chi connectivity index (χ3v) is 2.56. The molecule has 2 aromatic rings. The van der Waals surface area contributed by atoms with Crippen molar-refractivity contribution in [2.45, 2.75) is 13.0 Å². The van der Waals surface area contributed by atoms with Crippen molar-refractivity contribution in [3.8, 4) is 0 Å². The Morgan fingerprint density at radius 3 is 2.69 bits per heavy atom. The van der Waals surface area contributed by atoms with Gasteiger partial charge in [-0.05, 0) is 31.2 Å². The lowest BCUT2D eigenvalue weighted by atomic mass is 10.1. The number of aromatic nitrogens is 1. The first-order valence-corrected chi connectivity index (χ1v) is 5.04. The van der Waals surface area contributed by atoms with Gasteiger partial charge in [-0.1, -0.05) is 11.6 Å². The maximum Gasteiger partial charge on any atom is 0.253 e. The van der Waals surface area contributed by atoms with Gasteiger partial charge in [0, 0.05) is 27.5 Å². The highest BCUT2D eigenvalue weighted by molar-refractivity contribution is 6.31. The summed E-state index contributed by atoms with van der Waals surface area (Å²) in [4.78, 5) is 14.4. The van der Waals surface area contributed by atoms with E-state index in [0.29, 0.717) is 10.6 Å². The third-order valence-electron chi connectivity index (χ3n) is 2.33. The fourth-order valence-electron chi connectivity index (χ4n) is 1.53. The molecule has 0 amide bonds. The van der Waals surface area contributed by atoms with Gasteiger partial charge < -0.3 is 10.7 Å². The second kappa shape index (κ2) is 4.87. The largest absolute Gasteiger partial charge is 0.324 e. The first-order chi connectivity index (χ1) is 7.08. The fraction of sp³-hybridized carbons (Fsp3) is 0.182. The highest BCUT2D eigenvalue weighted by Crippen LogP contribution is 2.18. The molecule has 5 heteroatoms. The van der Waals surface area contributed by atoms with Gasteiger partial charge in [0.15, 0.2) is 0 Å². The number of fused-ring (bicyclic) bond motifs is 1. The number of nitrogens with two attached hydrogens (primary N) is 1. The van der Waals surface area contributed by atoms with Crippen LogP contribution in [0.4, 0.5) is 0 Å². The molecule has 16 heavy (non-hydrogen) atoms. The van der Waals surface area contributed by atoms with E-state index in [0.717, 1.165) is 10.9 Å². The summed E-state index contributed by atoms with van der Waals surface area (Å²) in [5, 5.41) is 1.54. The summed E-state index contributed by atoms with van der Waals surface area (Å²) in [7, 11) is 0. The van der Waals surface area contributed by atoms with E-state index in [2.05, 4.69) is 4.98 Å². The molecule has 3 nitrogen and oxygen atoms in total. The number of hydrogen-bond acceptors (Lipinski definition) is 2. The molecule has 0 fully saturated rings. The normalized spacial score (nSPS) is 12.2. The van der Waals surface area contributed by atoms with E-state index in [1.807, 2.05) is 0 Å². The van der Waals surface area contributed by atoms with Gasteiger partial charge in [-0.25, -0.2) is 0 Å². The summed E-state index contributed by atoms with van der Waals surface area (Å²) in [5.41, 5.74) is 6.90. The molecule has 0 aliphatic carbocycles. The van der Waals surface area contributed by atoms with Crippen LogP contribution < -0.4 is 11.3 Å². The molecule has 2 rings (SSSR count). The molecule has 0 aliphatic rings. The molecule has 3 N–H and O–H groups in total. The lowest BCUT2D eigenvalue weighted by Gasteiger charge is -2.06. The van der Waals surface area contributed by atoms with E-state index < -0.39 is 0 Å². The Labute approximate surface area is 104 Å². The first-order valence-electron chi connectivity index (χ1n) is 4.66. The van der Waals surface area contributed by atoms with Crippen LogP contribution in [0.15, 0.2) is 29.1 Å². The van der Waals surface area contributed by atoms with Crippen LogP contribution in [-0.4, -0.2) is 4.98 Å². The molecule has 1 heterocycles. The molecule has 0 aliphatic heterocycles. The summed E-state index contributed by atoms with van der Waals surface area (Å²) in [6.07, 6.45) is 0. The maximum atomic E-state index is 11.6. The average molecular weight is 259 g/mol. The van der Waals surface area contributed by atoms with Crippen LogP contribution in [0.25, 0.3) is 10.9 Å². The molecule has 1 atom stereocenters. The number of halogens is 2. The van der Waals surface area contributed by atoms with Crippen LogP contribution in [0, 0.1) is 0 Å². The summed E-state index contributed by atoms with van der Waals surface area (Å²) < 4.78 is 0. The zero-order valence-electron chi connectivity index (χ0n) is 8.66. The lowest BCUT2D eigenvalue weighted by Crippen LogP contribution is -2.19. The quantitative estimate of drug-likeness (QED) is 0.827. The molecule has 0 saturated heterocycles. The van der Waals surface area contributed by atoms with E-state index in [4.69, 9.17) is 17.3 Å². The number of nitrogens with one attached hydrogen (secondary N) is 1. The second-order valence-corrected chi connectivity index (χ2v) is 4.01. The molecule has 0 spiro atoms. The predicted molar refractivity (Wildman–Crippen MR) is 69.4 cm³/mol. The number of benzene rings is 1. The molecule has 1 aromatic heterocycles. The molecule has 1 aromatic carbocycles. The number of rotatable bonds is 1. The number of H-pyrrole nitrogens is 1. The van der Waals surface area contributed by atoms with Crippen molar-refractivity contribution in [3.05, 3.63) is 45.2 Å². The van der Waals surface area contributed by atoms with Gasteiger partial charge in [0.25, 0.3) is 5.56 Å². The minimum absolute atomic E-state index is 0. The van der Waals surface area contributed by atoms with Crippen molar-refractivity contribution >= 4 is 34.9 Å². The lowest BCUT2D eigenvalue weighted by molar-refractivity contribution is 0.804. The van der Waals surface area contributed by atoms with Gasteiger partial charge in [0.1, 0.15) is 0 Å². The molecule has 0 saturated carbocycles. The van der Waals surface area contributed by atoms with E-state index in [-0.39, 0.29) is 24.0 Å². The molecule has 86 valence electrons. The highest BCUT2D eigenvalue weighted by Gasteiger charge is 2.06. The average Bonchev–Trinajstić information content (AvgIpc) is 2.17. The van der Waals surface area contributed by atoms with Crippen molar-refractivity contribution in [1.29, 1.82) is 0 Å². The fourth-order valence-corrected chi connectivity index (χ4v) is 1.71. The van der Waals surface area contributed by atoms with Crippen molar-refractivity contribution < 1.29 is 0 Å². The monoisotopic (exact) mass is 258 g/mol. The topological polar surface area (TPSA) is 58.9 Å². The highest BCUT2D eigenvalue weighted by atomic mass is 35.5. The number of hydrogen-bond donors (Lipinski definition) is 2. The summed E-state index contributed by atoms with van der Waals surface area (Å²) in [6, 6.07) is 6.83. The van der Waals surface area contributed by atoms with Gasteiger partial charge in [0.05, 0.1) is 0 Å². The van der Waals surface area contributed by atoms with Crippen molar-refractivity contribution in [3.63, 3.8) is 0 Å². The van der Waals surface area contributed by atoms with Gasteiger partial charge in [-0.2, -0.15) is 0 Å². The predicted octanol–water partition coefficient (Wildman–Crippen LogP) is 2.62. The van der Waals surface area contributed by atoms with Gasteiger partial charge >= 0.3 is 0 Å². The van der Waals surface area contributed by atoms with E-state index in [9.17, 15) is 4.79 Å². The van der Waals surface area contributed by atoms with Gasteiger partial charge in [-0.15, -0.1) is 12.4 Å². The Kier molecular flexibility index (Phi) is 3.97. The van der Waals surface area contributed by atoms with Crippen LogP contribution in [0.1, 0.15) is 18.5 Å². The minimum Gasteiger partial charge on any atom is -0.324 e. The molecular formula is C11H12Cl2N2O. The number of aromatic amines is 1. The van der Waals surface area contributed by atoms with Gasteiger partial charge in [0.2, 0.25) is 0 Å². The van der Waals surface area contributed by atoms with Gasteiger partial charge in [-0.3, -0.25) is 4.79 Å². The Bertz CT molecular complexity index is 563. The van der Waals surface area contributed by atoms with Crippen LogP contribution in [0.5, 0.6) is 0 Å². The maximum absolute atomic E-state index is 11.6. The second-order valence-electron chi connectivity index (χ2n) is 3.57. The van der Waals surface area contributed by atoms with Crippen LogP contribution in [0.2, 0.25) is 5.02 Å². The Morgan fingerprint density at radius 2 is 2.06 bits per heavy atom. The summed E-state index contributed by atoms with van der Waals surface area (Å²) in [6.45, 7) is 1.78. The number of pyridine rings is 1. The SMILES string of the molecule is CC(N)c1cc2cc(Cl)ccc2[nH]c1=O.Cl. The van der Waals surface area contributed by atoms with E-state index >= 15 is 0 Å². The standard InChI is InChI=1S/C11H11ClN2O.ClH/c1-6(13)9-5-7-4-8(12)2-3-10(7)14-11(9)15;/h2-6H,13H2,1H3,(H,14,15);1H. The van der Waals surface area contributed by atoms with Crippen molar-refractivity contribution in [2.24, 2.45) is 5.73 Å². The van der Waals surface area contributed by atoms with Crippen LogP contribution in [-0.2, 0) is 0 Å². The van der Waals surface area contributed by atoms with Crippen molar-refractivity contribution in [1.82, 2.24) is 4.98 Å². The zero-order chi connectivity index (χ0) is 11.0. The third kappa shape index (κ3) is 2.38. The Morgan fingerprint density at radius 1 is 1.38 bits per heavy atom. The van der Waals surface area contributed by atoms with Crippen molar-refractivity contribution in [2.75, 3.05) is 0 Å². The van der Waals surface area contributed by atoms with E-state index in [1.54, 1.807) is 31.2 Å². The minimum atomic E-state index is -0.280. The molecule has 0 bridgehead atoms. The van der Waals surface area contributed by atoms with Crippen LogP contribution in [0.3, 0.4) is 0 Å². The molecule has 1 unspecified atom stereocenters. The summed E-state index contributed by atoms with van der Waals surface area (Å²) >= 11 is 5.87. The van der Waals surface area contributed by atoms with Crippen LogP contribution >= 0.6 is 24.0 Å². The molecule has 0 radical (unpaired) electrons. The smallest absolute Gasteiger partial charge is 0.253 e. The first kappa shape index (κ1) is 13.0. The zero-order valence-corrected chi connectivity index (χ0v) is 10.2. The van der Waals surface area contributed by atoms with E-state index in [1.165, 1.54) is 0 Å². The Hall–Kier alpha value is -1.03. The molecular weight excluding hydrogens is 247 g/mol. The summed E-state index contributed by atoms with van der Waals surface area (Å²) in [5.74, 6) is 0.